The van der Waals surface area contributed by atoms with Crippen LogP contribution in [0.1, 0.15) is 61.1 Å². The molecule has 4 aromatic rings. The monoisotopic (exact) mass is 648 g/mol. The number of alkyl halides is 3. The maximum Gasteiger partial charge on any atom is 0.432 e. The first kappa shape index (κ1) is 33.2. The first-order valence-corrected chi connectivity index (χ1v) is 14.7. The third kappa shape index (κ3) is 6.95. The molecule has 0 spiro atoms. The molecule has 0 bridgehead atoms. The summed E-state index contributed by atoms with van der Waals surface area (Å²) in [6.45, 7) is 2.20. The number of hydrogen-bond acceptors (Lipinski definition) is 1. The van der Waals surface area contributed by atoms with Crippen LogP contribution in [0.25, 0.3) is 22.3 Å². The van der Waals surface area contributed by atoms with Crippen LogP contribution in [-0.2, 0) is 12.8 Å². The Bertz CT molecular complexity index is 1700. The van der Waals surface area contributed by atoms with Crippen LogP contribution in [0.15, 0.2) is 73.3 Å². The normalized spacial score (nSPS) is 16.8. The molecule has 0 amide bonds. The molecule has 0 radical (unpaired) electrons. The standard InChI is InChI=1S/C36H29F9O/c1-2-3-4-20-5-7-21(8-6-20)22-9-11-26(29(38)13-22)23-10-12-27(30(39)14-23)24-15-33(42)35(34(43)16-24)36(44,45)46-25-17-31(40)28(19-37)32(41)18-25/h2,9-18,20-21H,1,3-8,19H2. The van der Waals surface area contributed by atoms with Crippen molar-refractivity contribution >= 4 is 0 Å². The van der Waals surface area contributed by atoms with Gasteiger partial charge in [-0.3, -0.25) is 0 Å². The lowest BCUT2D eigenvalue weighted by molar-refractivity contribution is -0.189. The number of rotatable bonds is 10. The van der Waals surface area contributed by atoms with Gasteiger partial charge in [0, 0.05) is 23.3 Å². The van der Waals surface area contributed by atoms with Crippen molar-refractivity contribution in [3.8, 4) is 28.0 Å². The molecule has 0 unspecified atom stereocenters. The van der Waals surface area contributed by atoms with Gasteiger partial charge in [-0.05, 0) is 91.3 Å². The minimum atomic E-state index is -4.76. The summed E-state index contributed by atoms with van der Waals surface area (Å²) in [5, 5.41) is 0. The fourth-order valence-electron chi connectivity index (χ4n) is 6.05. The van der Waals surface area contributed by atoms with Crippen LogP contribution < -0.4 is 4.74 Å². The molecule has 1 saturated carbocycles. The molecule has 1 nitrogen and oxygen atoms in total. The third-order valence-corrected chi connectivity index (χ3v) is 8.51. The number of halogens is 9. The van der Waals surface area contributed by atoms with Crippen LogP contribution in [0.2, 0.25) is 0 Å². The molecule has 0 aliphatic heterocycles. The van der Waals surface area contributed by atoms with Crippen LogP contribution in [0, 0.1) is 40.8 Å². The van der Waals surface area contributed by atoms with Crippen LogP contribution in [0.4, 0.5) is 39.5 Å². The van der Waals surface area contributed by atoms with Gasteiger partial charge in [0.25, 0.3) is 0 Å². The van der Waals surface area contributed by atoms with E-state index in [-0.39, 0.29) is 34.7 Å². The van der Waals surface area contributed by atoms with E-state index < -0.39 is 70.1 Å². The predicted octanol–water partition coefficient (Wildman–Crippen LogP) is 11.7. The Morgan fingerprint density at radius 1 is 0.696 bits per heavy atom. The van der Waals surface area contributed by atoms with Gasteiger partial charge in [0.1, 0.15) is 52.9 Å². The maximum absolute atomic E-state index is 15.2. The maximum atomic E-state index is 15.2. The summed E-state index contributed by atoms with van der Waals surface area (Å²) < 4.78 is 134. The van der Waals surface area contributed by atoms with E-state index in [2.05, 4.69) is 11.3 Å². The minimum absolute atomic E-state index is 0.116. The van der Waals surface area contributed by atoms with Crippen LogP contribution in [0.3, 0.4) is 0 Å². The highest BCUT2D eigenvalue weighted by Gasteiger charge is 2.41. The quantitative estimate of drug-likeness (QED) is 0.123. The molecule has 0 N–H and O–H groups in total. The summed E-state index contributed by atoms with van der Waals surface area (Å²) in [7, 11) is 0. The van der Waals surface area contributed by atoms with Crippen LogP contribution in [-0.4, -0.2) is 0 Å². The van der Waals surface area contributed by atoms with Crippen LogP contribution in [0.5, 0.6) is 5.75 Å². The average Bonchev–Trinajstić information content (AvgIpc) is 2.99. The second kappa shape index (κ2) is 13.6. The van der Waals surface area contributed by atoms with Crippen molar-refractivity contribution in [1.82, 2.24) is 0 Å². The molecule has 46 heavy (non-hydrogen) atoms. The lowest BCUT2D eigenvalue weighted by Crippen LogP contribution is -2.25. The fourth-order valence-corrected chi connectivity index (χ4v) is 6.05. The molecule has 0 saturated heterocycles. The van der Waals surface area contributed by atoms with Crippen molar-refractivity contribution in [2.24, 2.45) is 5.92 Å². The van der Waals surface area contributed by atoms with Gasteiger partial charge in [-0.15, -0.1) is 6.58 Å². The highest BCUT2D eigenvalue weighted by atomic mass is 19.3. The SMILES string of the molecule is C=CCCC1CCC(c2ccc(-c3ccc(-c4cc(F)c(C(F)(F)Oc5cc(F)c(CF)c(F)c5)c(F)c4)c(F)c3)c(F)c2)CC1. The molecule has 1 aliphatic carbocycles. The lowest BCUT2D eigenvalue weighted by atomic mass is 9.77. The molecule has 242 valence electrons. The van der Waals surface area contributed by atoms with Crippen molar-refractivity contribution in [2.45, 2.75) is 57.2 Å². The predicted molar refractivity (Wildman–Crippen MR) is 157 cm³/mol. The first-order chi connectivity index (χ1) is 21.9. The zero-order valence-corrected chi connectivity index (χ0v) is 24.5. The molecule has 1 aliphatic rings. The summed E-state index contributed by atoms with van der Waals surface area (Å²) in [5.74, 6) is -8.57. The molecular formula is C36H29F9O. The number of benzene rings is 4. The van der Waals surface area contributed by atoms with Gasteiger partial charge in [0.15, 0.2) is 0 Å². The van der Waals surface area contributed by atoms with E-state index in [9.17, 15) is 30.7 Å². The molecule has 4 aromatic carbocycles. The Morgan fingerprint density at radius 2 is 1.26 bits per heavy atom. The van der Waals surface area contributed by atoms with Gasteiger partial charge >= 0.3 is 6.11 Å². The van der Waals surface area contributed by atoms with E-state index in [0.29, 0.717) is 18.1 Å². The third-order valence-electron chi connectivity index (χ3n) is 8.51. The second-order valence-corrected chi connectivity index (χ2v) is 11.5. The van der Waals surface area contributed by atoms with Gasteiger partial charge in [-0.25, -0.2) is 30.7 Å². The average molecular weight is 649 g/mol. The van der Waals surface area contributed by atoms with Crippen molar-refractivity contribution < 1.29 is 44.3 Å². The Balaban J connectivity index is 1.35. The van der Waals surface area contributed by atoms with E-state index in [0.717, 1.165) is 56.2 Å². The highest BCUT2D eigenvalue weighted by molar-refractivity contribution is 5.72. The second-order valence-electron chi connectivity index (χ2n) is 11.5. The molecule has 1 fully saturated rings. The minimum Gasteiger partial charge on any atom is -0.429 e. The molecule has 0 heterocycles. The Labute approximate surface area is 260 Å². The van der Waals surface area contributed by atoms with Gasteiger partial charge in [0.05, 0.1) is 5.56 Å². The van der Waals surface area contributed by atoms with Gasteiger partial charge in [0.2, 0.25) is 0 Å². The van der Waals surface area contributed by atoms with E-state index >= 15 is 8.78 Å². The summed E-state index contributed by atoms with van der Waals surface area (Å²) in [6.07, 6.45) is 3.21. The number of allylic oxidation sites excluding steroid dienone is 1. The van der Waals surface area contributed by atoms with E-state index in [4.69, 9.17) is 0 Å². The summed E-state index contributed by atoms with van der Waals surface area (Å²) in [5.41, 5.74) is -2.58. The van der Waals surface area contributed by atoms with Crippen molar-refractivity contribution in [1.29, 1.82) is 0 Å². The molecule has 0 atom stereocenters. The Kier molecular flexibility index (Phi) is 9.84. The Morgan fingerprint density at radius 3 is 1.83 bits per heavy atom. The topological polar surface area (TPSA) is 9.23 Å². The van der Waals surface area contributed by atoms with Gasteiger partial charge in [-0.2, -0.15) is 8.78 Å². The van der Waals surface area contributed by atoms with E-state index in [1.54, 1.807) is 6.07 Å². The summed E-state index contributed by atoms with van der Waals surface area (Å²) in [6, 6.07) is 9.66. The van der Waals surface area contributed by atoms with Crippen molar-refractivity contribution in [3.63, 3.8) is 0 Å². The Hall–Kier alpha value is -4.21. The zero-order chi connectivity index (χ0) is 33.2. The lowest BCUT2D eigenvalue weighted by Gasteiger charge is -2.28. The van der Waals surface area contributed by atoms with Gasteiger partial charge in [-0.1, -0.05) is 30.3 Å². The largest absolute Gasteiger partial charge is 0.432 e. The van der Waals surface area contributed by atoms with E-state index in [1.165, 1.54) is 12.1 Å². The van der Waals surface area contributed by atoms with Gasteiger partial charge < -0.3 is 4.74 Å². The number of ether oxygens (including phenoxy) is 1. The molecule has 0 aromatic heterocycles. The van der Waals surface area contributed by atoms with E-state index in [1.807, 2.05) is 12.1 Å². The first-order valence-electron chi connectivity index (χ1n) is 14.7. The molecule has 10 heteroatoms. The molecular weight excluding hydrogens is 619 g/mol. The van der Waals surface area contributed by atoms with Crippen molar-refractivity contribution in [3.05, 3.63) is 125 Å². The summed E-state index contributed by atoms with van der Waals surface area (Å²) in [4.78, 5) is 0. The smallest absolute Gasteiger partial charge is 0.429 e. The highest BCUT2D eigenvalue weighted by Crippen LogP contribution is 2.41. The van der Waals surface area contributed by atoms with Crippen LogP contribution >= 0.6 is 0 Å². The van der Waals surface area contributed by atoms with Crippen molar-refractivity contribution in [2.75, 3.05) is 0 Å². The zero-order valence-electron chi connectivity index (χ0n) is 24.5. The number of hydrogen-bond donors (Lipinski definition) is 0. The summed E-state index contributed by atoms with van der Waals surface area (Å²) >= 11 is 0. The molecule has 5 rings (SSSR count). The fraction of sp³-hybridized carbons (Fsp3) is 0.278.